The van der Waals surface area contributed by atoms with Crippen LogP contribution in [-0.4, -0.2) is 34.9 Å². The highest BCUT2D eigenvalue weighted by atomic mass is 32.2. The van der Waals surface area contributed by atoms with Crippen LogP contribution in [-0.2, 0) is 11.2 Å². The van der Waals surface area contributed by atoms with Gasteiger partial charge >= 0.3 is 0 Å². The van der Waals surface area contributed by atoms with Gasteiger partial charge in [-0.1, -0.05) is 38.6 Å². The fourth-order valence-electron chi connectivity index (χ4n) is 3.12. The third-order valence-corrected chi connectivity index (χ3v) is 6.97. The van der Waals surface area contributed by atoms with Gasteiger partial charge in [-0.25, -0.2) is 4.98 Å². The minimum atomic E-state index is -0.119. The summed E-state index contributed by atoms with van der Waals surface area (Å²) in [6.07, 6.45) is 0.853. The largest absolute Gasteiger partial charge is 0.497 e. The van der Waals surface area contributed by atoms with Gasteiger partial charge in [-0.05, 0) is 37.0 Å². The van der Waals surface area contributed by atoms with Crippen LogP contribution in [0.25, 0.3) is 15.9 Å². The summed E-state index contributed by atoms with van der Waals surface area (Å²) in [4.78, 5) is 32.5. The van der Waals surface area contributed by atoms with Gasteiger partial charge in [0.1, 0.15) is 10.6 Å². The summed E-state index contributed by atoms with van der Waals surface area (Å²) in [5.41, 5.74) is 1.53. The molecule has 0 saturated heterocycles. The highest BCUT2D eigenvalue weighted by Crippen LogP contribution is 2.31. The Morgan fingerprint density at radius 3 is 2.80 bits per heavy atom. The zero-order valence-corrected chi connectivity index (χ0v) is 19.6. The van der Waals surface area contributed by atoms with Gasteiger partial charge in [0.15, 0.2) is 5.16 Å². The number of amides is 1. The number of carbonyl (C=O) groups is 1. The number of nitrogens with one attached hydrogen (secondary N) is 1. The molecule has 0 unspecified atom stereocenters. The fraction of sp³-hybridized carbons (Fsp3) is 0.409. The lowest BCUT2D eigenvalue weighted by Crippen LogP contribution is -2.29. The molecule has 0 fully saturated rings. The number of hydrogen-bond acceptors (Lipinski definition) is 6. The van der Waals surface area contributed by atoms with Gasteiger partial charge in [-0.2, -0.15) is 0 Å². The summed E-state index contributed by atoms with van der Waals surface area (Å²) in [5, 5.41) is 4.06. The second-order valence-electron chi connectivity index (χ2n) is 7.41. The van der Waals surface area contributed by atoms with E-state index in [1.54, 1.807) is 29.1 Å². The number of ether oxygens (including phenoxy) is 1. The summed E-state index contributed by atoms with van der Waals surface area (Å²) in [6.45, 7) is 8.77. The number of fused-ring (bicyclic) bond motifs is 1. The lowest BCUT2D eigenvalue weighted by Gasteiger charge is -2.13. The first-order valence-electron chi connectivity index (χ1n) is 9.94. The molecule has 6 nitrogen and oxygen atoms in total. The van der Waals surface area contributed by atoms with Crippen LogP contribution >= 0.6 is 23.1 Å². The van der Waals surface area contributed by atoms with Crippen molar-refractivity contribution in [3.8, 4) is 11.4 Å². The maximum absolute atomic E-state index is 13.5. The number of aryl methyl sites for hydroxylation is 2. The SMILES string of the molecule is CCc1sc2nc(SCC(=O)NCC(C)C)n(-c3cccc(OC)c3)c(=O)c2c1C. The summed E-state index contributed by atoms with van der Waals surface area (Å²) in [5.74, 6) is 1.16. The number of rotatable bonds is 8. The summed E-state index contributed by atoms with van der Waals surface area (Å²) in [7, 11) is 1.59. The van der Waals surface area contributed by atoms with Gasteiger partial charge < -0.3 is 10.1 Å². The van der Waals surface area contributed by atoms with Crippen molar-refractivity contribution in [1.82, 2.24) is 14.9 Å². The van der Waals surface area contributed by atoms with E-state index < -0.39 is 0 Å². The topological polar surface area (TPSA) is 73.2 Å². The van der Waals surface area contributed by atoms with Crippen molar-refractivity contribution in [1.29, 1.82) is 0 Å². The Labute approximate surface area is 184 Å². The van der Waals surface area contributed by atoms with Crippen LogP contribution in [0.2, 0.25) is 0 Å². The quantitative estimate of drug-likeness (QED) is 0.416. The molecule has 1 amide bonds. The third-order valence-electron chi connectivity index (χ3n) is 4.70. The Bertz CT molecular complexity index is 1120. The second-order valence-corrected chi connectivity index (χ2v) is 9.43. The Morgan fingerprint density at radius 1 is 1.37 bits per heavy atom. The average molecular weight is 446 g/mol. The molecule has 0 radical (unpaired) electrons. The Morgan fingerprint density at radius 2 is 2.13 bits per heavy atom. The zero-order valence-electron chi connectivity index (χ0n) is 17.9. The molecule has 1 N–H and O–H groups in total. The molecule has 0 aliphatic rings. The van der Waals surface area contributed by atoms with E-state index in [0.717, 1.165) is 21.7 Å². The molecular formula is C22H27N3O3S2. The maximum atomic E-state index is 13.5. The summed E-state index contributed by atoms with van der Waals surface area (Å²) >= 11 is 2.82. The van der Waals surface area contributed by atoms with E-state index in [0.29, 0.717) is 34.4 Å². The van der Waals surface area contributed by atoms with Gasteiger partial charge in [-0.15, -0.1) is 11.3 Å². The molecule has 0 aliphatic heterocycles. The average Bonchev–Trinajstić information content (AvgIpc) is 3.06. The smallest absolute Gasteiger partial charge is 0.267 e. The van der Waals surface area contributed by atoms with E-state index in [1.165, 1.54) is 11.8 Å². The lowest BCUT2D eigenvalue weighted by molar-refractivity contribution is -0.118. The highest BCUT2D eigenvalue weighted by Gasteiger charge is 2.19. The lowest BCUT2D eigenvalue weighted by atomic mass is 10.2. The number of thioether (sulfide) groups is 1. The first-order chi connectivity index (χ1) is 14.3. The summed E-state index contributed by atoms with van der Waals surface area (Å²) < 4.78 is 6.92. The Kier molecular flexibility index (Phi) is 7.20. The van der Waals surface area contributed by atoms with E-state index in [-0.39, 0.29) is 17.2 Å². The van der Waals surface area contributed by atoms with Gasteiger partial charge in [0.05, 0.1) is 23.9 Å². The van der Waals surface area contributed by atoms with E-state index in [9.17, 15) is 9.59 Å². The zero-order chi connectivity index (χ0) is 21.8. The molecule has 160 valence electrons. The molecule has 8 heteroatoms. The number of aromatic nitrogens is 2. The van der Waals surface area contributed by atoms with Crippen LogP contribution < -0.4 is 15.6 Å². The van der Waals surface area contributed by atoms with Crippen molar-refractivity contribution in [3.63, 3.8) is 0 Å². The third kappa shape index (κ3) is 4.70. The molecular weight excluding hydrogens is 418 g/mol. The number of carbonyl (C=O) groups excluding carboxylic acids is 1. The van der Waals surface area contributed by atoms with Crippen LogP contribution in [0.5, 0.6) is 5.75 Å². The number of hydrogen-bond donors (Lipinski definition) is 1. The van der Waals surface area contributed by atoms with Gasteiger partial charge in [0, 0.05) is 17.5 Å². The van der Waals surface area contributed by atoms with Crippen molar-refractivity contribution >= 4 is 39.2 Å². The predicted molar refractivity (Wildman–Crippen MR) is 124 cm³/mol. The minimum absolute atomic E-state index is 0.0724. The van der Waals surface area contributed by atoms with Gasteiger partial charge in [0.25, 0.3) is 5.56 Å². The second kappa shape index (κ2) is 9.66. The fourth-order valence-corrected chi connectivity index (χ4v) is 5.12. The van der Waals surface area contributed by atoms with E-state index in [2.05, 4.69) is 12.2 Å². The number of nitrogens with zero attached hydrogens (tertiary/aromatic N) is 2. The van der Waals surface area contributed by atoms with Crippen LogP contribution in [0.15, 0.2) is 34.2 Å². The van der Waals surface area contributed by atoms with Crippen molar-refractivity contribution < 1.29 is 9.53 Å². The minimum Gasteiger partial charge on any atom is -0.497 e. The molecule has 0 bridgehead atoms. The van der Waals surface area contributed by atoms with Crippen LogP contribution in [0, 0.1) is 12.8 Å². The summed E-state index contributed by atoms with van der Waals surface area (Å²) in [6, 6.07) is 7.33. The molecule has 0 saturated carbocycles. The van der Waals surface area contributed by atoms with E-state index >= 15 is 0 Å². The molecule has 0 spiro atoms. The van der Waals surface area contributed by atoms with Crippen LogP contribution in [0.4, 0.5) is 0 Å². The molecule has 0 atom stereocenters. The van der Waals surface area contributed by atoms with Crippen molar-refractivity contribution in [2.24, 2.45) is 5.92 Å². The Hall–Kier alpha value is -2.32. The first-order valence-corrected chi connectivity index (χ1v) is 11.7. The Balaban J connectivity index is 2.09. The monoisotopic (exact) mass is 445 g/mol. The molecule has 1 aromatic carbocycles. The van der Waals surface area contributed by atoms with Crippen molar-refractivity contribution in [2.75, 3.05) is 19.4 Å². The van der Waals surface area contributed by atoms with Crippen LogP contribution in [0.3, 0.4) is 0 Å². The number of benzene rings is 1. The van der Waals surface area contributed by atoms with Crippen molar-refractivity contribution in [2.45, 2.75) is 39.3 Å². The molecule has 30 heavy (non-hydrogen) atoms. The number of methoxy groups -OCH3 is 1. The highest BCUT2D eigenvalue weighted by molar-refractivity contribution is 7.99. The first kappa shape index (κ1) is 22.4. The molecule has 3 aromatic rings. The molecule has 2 aromatic heterocycles. The number of thiophene rings is 1. The molecule has 0 aliphatic carbocycles. The van der Waals surface area contributed by atoms with E-state index in [4.69, 9.17) is 9.72 Å². The van der Waals surface area contributed by atoms with Gasteiger partial charge in [-0.3, -0.25) is 14.2 Å². The van der Waals surface area contributed by atoms with Crippen molar-refractivity contribution in [3.05, 3.63) is 45.1 Å². The molecule has 2 heterocycles. The predicted octanol–water partition coefficient (Wildman–Crippen LogP) is 4.19. The normalized spacial score (nSPS) is 11.3. The van der Waals surface area contributed by atoms with Crippen LogP contribution in [0.1, 0.15) is 31.2 Å². The maximum Gasteiger partial charge on any atom is 0.267 e. The van der Waals surface area contributed by atoms with E-state index in [1.807, 2.05) is 39.0 Å². The molecule has 3 rings (SSSR count). The van der Waals surface area contributed by atoms with Gasteiger partial charge in [0.2, 0.25) is 5.91 Å². The standard InChI is InChI=1S/C22H27N3O3S2/c1-6-17-14(4)19-20(30-17)24-22(29-12-18(26)23-11-13(2)3)25(21(19)27)15-8-7-9-16(10-15)28-5/h7-10,13H,6,11-12H2,1-5H3,(H,23,26).